The van der Waals surface area contributed by atoms with Gasteiger partial charge >= 0.3 is 0 Å². The highest BCUT2D eigenvalue weighted by Crippen LogP contribution is 2.21. The van der Waals surface area contributed by atoms with E-state index in [0.29, 0.717) is 12.0 Å². The standard InChI is InChI=1S/C28H39N5/c1-7-26-30-27-21(4)17-22(5)29-28(27)33(26)18-24-12-10-23(11-13-24)9-8-14-32-16-15-31(6)19-25(32)20(2)3/h8-13,17,20,25H,7,14-16,18-19H2,1-6H3/t25-/m1/s1. The molecule has 0 unspecified atom stereocenters. The molecule has 1 saturated heterocycles. The lowest BCUT2D eigenvalue weighted by atomic mass is 10.00. The molecule has 176 valence electrons. The Labute approximate surface area is 199 Å². The van der Waals surface area contributed by atoms with E-state index in [1.165, 1.54) is 16.7 Å². The summed E-state index contributed by atoms with van der Waals surface area (Å²) in [4.78, 5) is 14.8. The summed E-state index contributed by atoms with van der Waals surface area (Å²) in [6.45, 7) is 16.3. The van der Waals surface area contributed by atoms with Gasteiger partial charge < -0.3 is 9.47 Å². The summed E-state index contributed by atoms with van der Waals surface area (Å²) >= 11 is 0. The van der Waals surface area contributed by atoms with Gasteiger partial charge in [-0.3, -0.25) is 4.90 Å². The lowest BCUT2D eigenvalue weighted by molar-refractivity contribution is 0.0733. The van der Waals surface area contributed by atoms with Crippen LogP contribution >= 0.6 is 0 Å². The van der Waals surface area contributed by atoms with Crippen LogP contribution in [-0.4, -0.2) is 63.6 Å². The molecule has 1 atom stereocenters. The molecule has 1 aliphatic rings. The Morgan fingerprint density at radius 3 is 2.55 bits per heavy atom. The first-order chi connectivity index (χ1) is 15.9. The van der Waals surface area contributed by atoms with Crippen LogP contribution in [-0.2, 0) is 13.0 Å². The van der Waals surface area contributed by atoms with E-state index in [1.807, 2.05) is 0 Å². The van der Waals surface area contributed by atoms with Crippen LogP contribution in [0.2, 0.25) is 0 Å². The van der Waals surface area contributed by atoms with Crippen LogP contribution in [0.1, 0.15) is 49.0 Å². The van der Waals surface area contributed by atoms with Crippen molar-refractivity contribution < 1.29 is 0 Å². The molecule has 0 aliphatic carbocycles. The number of rotatable bonds is 7. The second-order valence-corrected chi connectivity index (χ2v) is 9.93. The number of pyridine rings is 1. The Kier molecular flexibility index (Phi) is 7.30. The molecule has 3 aromatic rings. The van der Waals surface area contributed by atoms with Gasteiger partial charge in [-0.1, -0.05) is 57.2 Å². The average Bonchev–Trinajstić information content (AvgIpc) is 3.13. The molecule has 0 radical (unpaired) electrons. The first kappa shape index (κ1) is 23.7. The van der Waals surface area contributed by atoms with E-state index in [4.69, 9.17) is 9.97 Å². The average molecular weight is 446 g/mol. The van der Waals surface area contributed by atoms with Crippen LogP contribution in [0, 0.1) is 19.8 Å². The van der Waals surface area contributed by atoms with E-state index < -0.39 is 0 Å². The fraction of sp³-hybridized carbons (Fsp3) is 0.500. The van der Waals surface area contributed by atoms with Crippen molar-refractivity contribution in [3.05, 3.63) is 64.6 Å². The maximum atomic E-state index is 4.88. The zero-order valence-electron chi connectivity index (χ0n) is 21.2. The highest BCUT2D eigenvalue weighted by Gasteiger charge is 2.26. The number of aryl methyl sites for hydroxylation is 3. The minimum Gasteiger partial charge on any atom is -0.308 e. The maximum Gasteiger partial charge on any atom is 0.160 e. The van der Waals surface area contributed by atoms with Crippen LogP contribution in [0.3, 0.4) is 0 Å². The fourth-order valence-electron chi connectivity index (χ4n) is 4.98. The number of hydrogen-bond donors (Lipinski definition) is 0. The van der Waals surface area contributed by atoms with Gasteiger partial charge in [-0.05, 0) is 49.6 Å². The predicted octanol–water partition coefficient (Wildman–Crippen LogP) is 4.94. The van der Waals surface area contributed by atoms with Gasteiger partial charge in [0, 0.05) is 44.3 Å². The second-order valence-electron chi connectivity index (χ2n) is 9.93. The van der Waals surface area contributed by atoms with Crippen molar-refractivity contribution >= 4 is 17.2 Å². The normalized spacial score (nSPS) is 18.2. The molecule has 0 amide bonds. The van der Waals surface area contributed by atoms with Crippen molar-refractivity contribution in [2.24, 2.45) is 5.92 Å². The van der Waals surface area contributed by atoms with Crippen LogP contribution in [0.5, 0.6) is 0 Å². The summed E-state index contributed by atoms with van der Waals surface area (Å²) in [5, 5.41) is 0. The molecule has 0 bridgehead atoms. The topological polar surface area (TPSA) is 37.2 Å². The summed E-state index contributed by atoms with van der Waals surface area (Å²) in [6, 6.07) is 11.7. The molecule has 1 aromatic carbocycles. The number of hydrogen-bond acceptors (Lipinski definition) is 4. The van der Waals surface area contributed by atoms with E-state index in [9.17, 15) is 0 Å². The monoisotopic (exact) mass is 445 g/mol. The zero-order valence-corrected chi connectivity index (χ0v) is 21.2. The molecule has 33 heavy (non-hydrogen) atoms. The molecular weight excluding hydrogens is 406 g/mol. The molecule has 3 heterocycles. The highest BCUT2D eigenvalue weighted by atomic mass is 15.3. The smallest absolute Gasteiger partial charge is 0.160 e. The van der Waals surface area contributed by atoms with Crippen molar-refractivity contribution in [1.29, 1.82) is 0 Å². The number of aromatic nitrogens is 3. The second kappa shape index (κ2) is 10.2. The Morgan fingerprint density at radius 1 is 1.09 bits per heavy atom. The number of nitrogens with zero attached hydrogens (tertiary/aromatic N) is 5. The molecule has 0 spiro atoms. The number of benzene rings is 1. The molecule has 0 N–H and O–H groups in total. The van der Waals surface area contributed by atoms with Gasteiger partial charge in [-0.25, -0.2) is 9.97 Å². The number of likely N-dealkylation sites (N-methyl/N-ethyl adjacent to an activating group) is 1. The number of fused-ring (bicyclic) bond motifs is 1. The van der Waals surface area contributed by atoms with Gasteiger partial charge in [0.15, 0.2) is 5.65 Å². The molecular formula is C28H39N5. The molecule has 2 aromatic heterocycles. The largest absolute Gasteiger partial charge is 0.308 e. The summed E-state index contributed by atoms with van der Waals surface area (Å²) in [7, 11) is 2.23. The molecule has 1 aliphatic heterocycles. The summed E-state index contributed by atoms with van der Waals surface area (Å²) in [5.41, 5.74) is 6.81. The Bertz CT molecular complexity index is 1110. The SMILES string of the molecule is CCc1nc2c(C)cc(C)nc2n1Cc1ccc(C=CCN2CCN(C)C[C@@H]2C(C)C)cc1. The van der Waals surface area contributed by atoms with Crippen LogP contribution in [0.15, 0.2) is 36.4 Å². The van der Waals surface area contributed by atoms with Crippen molar-refractivity contribution in [3.8, 4) is 0 Å². The Morgan fingerprint density at radius 2 is 1.85 bits per heavy atom. The first-order valence-corrected chi connectivity index (χ1v) is 12.4. The van der Waals surface area contributed by atoms with E-state index in [2.05, 4.69) is 98.5 Å². The molecule has 4 rings (SSSR count). The van der Waals surface area contributed by atoms with Gasteiger partial charge in [-0.15, -0.1) is 0 Å². The lowest BCUT2D eigenvalue weighted by Gasteiger charge is -2.41. The minimum absolute atomic E-state index is 0.634. The Hall–Kier alpha value is -2.50. The Balaban J connectivity index is 1.45. The van der Waals surface area contributed by atoms with Crippen LogP contribution in [0.4, 0.5) is 0 Å². The number of piperazine rings is 1. The highest BCUT2D eigenvalue weighted by molar-refractivity contribution is 5.76. The maximum absolute atomic E-state index is 4.88. The van der Waals surface area contributed by atoms with E-state index in [0.717, 1.165) is 61.8 Å². The third-order valence-electron chi connectivity index (χ3n) is 6.89. The number of imidazole rings is 1. The van der Waals surface area contributed by atoms with Gasteiger partial charge in [0.1, 0.15) is 11.3 Å². The third-order valence-corrected chi connectivity index (χ3v) is 6.89. The van der Waals surface area contributed by atoms with Gasteiger partial charge in [0.05, 0.1) is 6.54 Å². The quantitative estimate of drug-likeness (QED) is 0.516. The lowest BCUT2D eigenvalue weighted by Crippen LogP contribution is -2.53. The van der Waals surface area contributed by atoms with Gasteiger partial charge in [-0.2, -0.15) is 0 Å². The zero-order chi connectivity index (χ0) is 23.5. The fourth-order valence-corrected chi connectivity index (χ4v) is 4.98. The third kappa shape index (κ3) is 5.36. The summed E-state index contributed by atoms with van der Waals surface area (Å²) < 4.78 is 2.28. The van der Waals surface area contributed by atoms with Crippen molar-refractivity contribution in [2.45, 2.75) is 53.6 Å². The molecule has 1 fully saturated rings. The molecule has 5 nitrogen and oxygen atoms in total. The van der Waals surface area contributed by atoms with Gasteiger partial charge in [0.25, 0.3) is 0 Å². The van der Waals surface area contributed by atoms with Crippen molar-refractivity contribution in [2.75, 3.05) is 33.2 Å². The van der Waals surface area contributed by atoms with Gasteiger partial charge in [0.2, 0.25) is 0 Å². The van der Waals surface area contributed by atoms with Crippen molar-refractivity contribution in [1.82, 2.24) is 24.3 Å². The first-order valence-electron chi connectivity index (χ1n) is 12.4. The van der Waals surface area contributed by atoms with Crippen molar-refractivity contribution in [3.63, 3.8) is 0 Å². The molecule has 5 heteroatoms. The summed E-state index contributed by atoms with van der Waals surface area (Å²) in [5.74, 6) is 1.77. The van der Waals surface area contributed by atoms with E-state index in [-0.39, 0.29) is 0 Å². The van der Waals surface area contributed by atoms with E-state index in [1.54, 1.807) is 0 Å². The molecule has 0 saturated carbocycles. The van der Waals surface area contributed by atoms with Crippen LogP contribution in [0.25, 0.3) is 17.2 Å². The van der Waals surface area contributed by atoms with E-state index >= 15 is 0 Å². The summed E-state index contributed by atoms with van der Waals surface area (Å²) in [6.07, 6.45) is 5.49. The predicted molar refractivity (Wildman–Crippen MR) is 139 cm³/mol. The van der Waals surface area contributed by atoms with Crippen LogP contribution < -0.4 is 0 Å². The minimum atomic E-state index is 0.634.